The molecule has 1 saturated heterocycles. The monoisotopic (exact) mass is 290 g/mol. The number of hydrogen-bond acceptors (Lipinski definition) is 3. The summed E-state index contributed by atoms with van der Waals surface area (Å²) in [6, 6.07) is 10.0. The van der Waals surface area contributed by atoms with E-state index in [0.29, 0.717) is 25.9 Å². The summed E-state index contributed by atoms with van der Waals surface area (Å²) in [5.74, 6) is 0.0261. The molecule has 0 radical (unpaired) electrons. The number of carbonyl (C=O) groups excluding carboxylic acids is 1. The number of carbonyl (C=O) groups is 1. The molecule has 1 aliphatic heterocycles. The van der Waals surface area contributed by atoms with Gasteiger partial charge in [-0.15, -0.1) is 0 Å². The van der Waals surface area contributed by atoms with Crippen LogP contribution >= 0.6 is 0 Å². The molecule has 0 saturated carbocycles. The Kier molecular flexibility index (Phi) is 4.40. The van der Waals surface area contributed by atoms with Crippen molar-refractivity contribution in [3.8, 4) is 0 Å². The molecule has 1 aliphatic rings. The van der Waals surface area contributed by atoms with Gasteiger partial charge in [0.2, 0.25) is 5.91 Å². The molecule has 116 valence electrons. The Bertz CT molecular complexity index is 495. The standard InChI is InChI=1S/C17H26N2O2/c1-5-17(6-2)15(20)18(13-16(3,4)19(17)21)12-14-10-8-7-9-11-14/h7-11,21H,5-6,12-13H2,1-4H3. The van der Waals surface area contributed by atoms with Crippen molar-refractivity contribution in [2.75, 3.05) is 6.54 Å². The maximum atomic E-state index is 12.9. The summed E-state index contributed by atoms with van der Waals surface area (Å²) >= 11 is 0. The second kappa shape index (κ2) is 5.78. The molecule has 0 bridgehead atoms. The average molecular weight is 290 g/mol. The largest absolute Gasteiger partial charge is 0.335 e. The highest BCUT2D eigenvalue weighted by molar-refractivity contribution is 5.87. The molecule has 21 heavy (non-hydrogen) atoms. The van der Waals surface area contributed by atoms with Gasteiger partial charge in [0.15, 0.2) is 0 Å². The second-order valence-corrected chi connectivity index (χ2v) is 6.51. The van der Waals surface area contributed by atoms with Gasteiger partial charge in [-0.3, -0.25) is 4.79 Å². The summed E-state index contributed by atoms with van der Waals surface area (Å²) in [5, 5.41) is 11.9. The van der Waals surface area contributed by atoms with Crippen LogP contribution in [0, 0.1) is 0 Å². The number of hydrogen-bond donors (Lipinski definition) is 1. The molecular weight excluding hydrogens is 264 g/mol. The molecule has 0 atom stereocenters. The first-order valence-electron chi connectivity index (χ1n) is 7.70. The molecule has 1 aromatic rings. The van der Waals surface area contributed by atoms with Crippen LogP contribution < -0.4 is 0 Å². The molecule has 1 N–H and O–H groups in total. The first-order chi connectivity index (χ1) is 9.87. The minimum Gasteiger partial charge on any atom is -0.335 e. The lowest BCUT2D eigenvalue weighted by atomic mass is 9.82. The van der Waals surface area contributed by atoms with Gasteiger partial charge in [-0.2, -0.15) is 5.06 Å². The van der Waals surface area contributed by atoms with Crippen LogP contribution in [0.15, 0.2) is 30.3 Å². The molecule has 1 amide bonds. The highest BCUT2D eigenvalue weighted by atomic mass is 16.5. The molecule has 0 aliphatic carbocycles. The van der Waals surface area contributed by atoms with E-state index in [-0.39, 0.29) is 5.91 Å². The Hall–Kier alpha value is -1.39. The molecule has 4 heteroatoms. The van der Waals surface area contributed by atoms with Gasteiger partial charge in [0, 0.05) is 13.1 Å². The van der Waals surface area contributed by atoms with E-state index in [1.54, 1.807) is 0 Å². The smallest absolute Gasteiger partial charge is 0.245 e. The van der Waals surface area contributed by atoms with E-state index in [1.807, 2.05) is 62.9 Å². The van der Waals surface area contributed by atoms with E-state index in [4.69, 9.17) is 0 Å². The van der Waals surface area contributed by atoms with Crippen LogP contribution in [-0.4, -0.2) is 38.7 Å². The van der Waals surface area contributed by atoms with Crippen molar-refractivity contribution >= 4 is 5.91 Å². The van der Waals surface area contributed by atoms with Crippen LogP contribution in [-0.2, 0) is 11.3 Å². The van der Waals surface area contributed by atoms with Gasteiger partial charge in [-0.1, -0.05) is 44.2 Å². The number of benzene rings is 1. The van der Waals surface area contributed by atoms with Crippen molar-refractivity contribution in [3.63, 3.8) is 0 Å². The molecule has 1 fully saturated rings. The third-order valence-corrected chi connectivity index (χ3v) is 4.63. The van der Waals surface area contributed by atoms with Crippen molar-refractivity contribution in [1.29, 1.82) is 0 Å². The zero-order valence-electron chi connectivity index (χ0n) is 13.5. The quantitative estimate of drug-likeness (QED) is 0.927. The summed E-state index contributed by atoms with van der Waals surface area (Å²) < 4.78 is 0. The van der Waals surface area contributed by atoms with E-state index >= 15 is 0 Å². The predicted octanol–water partition coefficient (Wildman–Crippen LogP) is 3.06. The second-order valence-electron chi connectivity index (χ2n) is 6.51. The predicted molar refractivity (Wildman–Crippen MR) is 82.9 cm³/mol. The highest BCUT2D eigenvalue weighted by Crippen LogP contribution is 2.36. The van der Waals surface area contributed by atoms with Crippen LogP contribution in [0.3, 0.4) is 0 Å². The average Bonchev–Trinajstić information content (AvgIpc) is 2.48. The number of amides is 1. The van der Waals surface area contributed by atoms with Crippen LogP contribution in [0.5, 0.6) is 0 Å². The summed E-state index contributed by atoms with van der Waals surface area (Å²) in [4.78, 5) is 14.8. The van der Waals surface area contributed by atoms with Crippen molar-refractivity contribution < 1.29 is 10.0 Å². The van der Waals surface area contributed by atoms with E-state index in [9.17, 15) is 10.0 Å². The molecule has 0 spiro atoms. The molecule has 1 heterocycles. The van der Waals surface area contributed by atoms with Gasteiger partial charge in [0.25, 0.3) is 0 Å². The van der Waals surface area contributed by atoms with Gasteiger partial charge in [-0.05, 0) is 32.3 Å². The Morgan fingerprint density at radius 2 is 1.71 bits per heavy atom. The van der Waals surface area contributed by atoms with Crippen molar-refractivity contribution in [2.45, 2.75) is 58.2 Å². The highest BCUT2D eigenvalue weighted by Gasteiger charge is 2.53. The van der Waals surface area contributed by atoms with Gasteiger partial charge < -0.3 is 10.1 Å². The van der Waals surface area contributed by atoms with Crippen LogP contribution in [0.1, 0.15) is 46.1 Å². The zero-order chi connectivity index (χ0) is 15.7. The van der Waals surface area contributed by atoms with E-state index in [0.717, 1.165) is 5.56 Å². The lowest BCUT2D eigenvalue weighted by Gasteiger charge is -2.54. The SMILES string of the molecule is CCC1(CC)C(=O)N(Cc2ccccc2)CC(C)(C)N1O. The van der Waals surface area contributed by atoms with E-state index < -0.39 is 11.1 Å². The molecule has 0 aromatic heterocycles. The minimum absolute atomic E-state index is 0.0261. The first-order valence-corrected chi connectivity index (χ1v) is 7.70. The Labute approximate surface area is 127 Å². The zero-order valence-corrected chi connectivity index (χ0v) is 13.5. The number of piperazine rings is 1. The fraction of sp³-hybridized carbons (Fsp3) is 0.588. The first kappa shape index (κ1) is 16.0. The third kappa shape index (κ3) is 2.70. The number of hydroxylamine groups is 2. The summed E-state index contributed by atoms with van der Waals surface area (Å²) in [6.07, 6.45) is 1.21. The van der Waals surface area contributed by atoms with Gasteiger partial charge >= 0.3 is 0 Å². The topological polar surface area (TPSA) is 43.8 Å². The third-order valence-electron chi connectivity index (χ3n) is 4.63. The molecule has 2 rings (SSSR count). The fourth-order valence-corrected chi connectivity index (χ4v) is 3.35. The van der Waals surface area contributed by atoms with Gasteiger partial charge in [-0.25, -0.2) is 0 Å². The summed E-state index contributed by atoms with van der Waals surface area (Å²) in [6.45, 7) is 9.02. The van der Waals surface area contributed by atoms with E-state index in [1.165, 1.54) is 5.06 Å². The Balaban J connectivity index is 2.33. The van der Waals surface area contributed by atoms with Gasteiger partial charge in [0.1, 0.15) is 5.54 Å². The molecule has 0 unspecified atom stereocenters. The lowest BCUT2D eigenvalue weighted by molar-refractivity contribution is -0.257. The maximum absolute atomic E-state index is 12.9. The molecule has 4 nitrogen and oxygen atoms in total. The summed E-state index contributed by atoms with van der Waals surface area (Å²) in [5.41, 5.74) is -0.139. The fourth-order valence-electron chi connectivity index (χ4n) is 3.35. The minimum atomic E-state index is -0.809. The van der Waals surface area contributed by atoms with Gasteiger partial charge in [0.05, 0.1) is 5.54 Å². The Morgan fingerprint density at radius 1 is 1.14 bits per heavy atom. The molecular formula is C17H26N2O2. The lowest BCUT2D eigenvalue weighted by Crippen LogP contribution is -2.71. The summed E-state index contributed by atoms with van der Waals surface area (Å²) in [7, 11) is 0. The van der Waals surface area contributed by atoms with Crippen molar-refractivity contribution in [1.82, 2.24) is 9.96 Å². The van der Waals surface area contributed by atoms with Crippen LogP contribution in [0.4, 0.5) is 0 Å². The molecule has 1 aromatic carbocycles. The Morgan fingerprint density at radius 3 is 2.24 bits per heavy atom. The van der Waals surface area contributed by atoms with Crippen LogP contribution in [0.25, 0.3) is 0 Å². The van der Waals surface area contributed by atoms with Crippen molar-refractivity contribution in [3.05, 3.63) is 35.9 Å². The normalized spacial score (nSPS) is 21.6. The number of nitrogens with zero attached hydrogens (tertiary/aromatic N) is 2. The van der Waals surface area contributed by atoms with E-state index in [2.05, 4.69) is 0 Å². The van der Waals surface area contributed by atoms with Crippen LogP contribution in [0.2, 0.25) is 0 Å². The number of rotatable bonds is 4. The van der Waals surface area contributed by atoms with Crippen molar-refractivity contribution in [2.24, 2.45) is 0 Å². The maximum Gasteiger partial charge on any atom is 0.245 e.